The maximum absolute atomic E-state index is 12.1. The maximum Gasteiger partial charge on any atom is 0.317 e. The third kappa shape index (κ3) is 6.22. The summed E-state index contributed by atoms with van der Waals surface area (Å²) in [5.41, 5.74) is 1.38. The summed E-state index contributed by atoms with van der Waals surface area (Å²) in [4.78, 5) is 25.0. The lowest BCUT2D eigenvalue weighted by Crippen LogP contribution is -2.44. The number of hydrogen-bond acceptors (Lipinski definition) is 3. The summed E-state index contributed by atoms with van der Waals surface area (Å²) in [5, 5.41) is 2.94. The van der Waals surface area contributed by atoms with E-state index in [0.717, 1.165) is 45.2 Å². The first-order chi connectivity index (χ1) is 11.7. The maximum atomic E-state index is 12.1. The number of benzene rings is 1. The first-order valence-electron chi connectivity index (χ1n) is 8.82. The van der Waals surface area contributed by atoms with Crippen molar-refractivity contribution in [1.29, 1.82) is 0 Å². The van der Waals surface area contributed by atoms with Crippen molar-refractivity contribution in [2.75, 3.05) is 26.7 Å². The van der Waals surface area contributed by atoms with Gasteiger partial charge in [-0.15, -0.1) is 0 Å². The van der Waals surface area contributed by atoms with E-state index in [2.05, 4.69) is 34.3 Å². The van der Waals surface area contributed by atoms with E-state index in [1.165, 1.54) is 12.7 Å². The highest BCUT2D eigenvalue weighted by Gasteiger charge is 2.22. The molecule has 0 atom stereocenters. The number of rotatable bonds is 7. The van der Waals surface area contributed by atoms with Gasteiger partial charge < -0.3 is 15.0 Å². The van der Waals surface area contributed by atoms with Gasteiger partial charge in [-0.3, -0.25) is 4.79 Å². The van der Waals surface area contributed by atoms with Crippen LogP contribution in [0.3, 0.4) is 0 Å². The number of ether oxygens (including phenoxy) is 1. The minimum absolute atomic E-state index is 0.0197. The Morgan fingerprint density at radius 2 is 1.88 bits per heavy atom. The molecule has 2 rings (SSSR count). The Kier molecular flexibility index (Phi) is 7.59. The second-order valence-electron chi connectivity index (χ2n) is 6.39. The number of hydrogen-bond donors (Lipinski definition) is 1. The molecule has 1 aromatic rings. The highest BCUT2D eigenvalue weighted by molar-refractivity contribution is 5.74. The second kappa shape index (κ2) is 9.96. The van der Waals surface area contributed by atoms with Crippen LogP contribution in [0.15, 0.2) is 30.3 Å². The van der Waals surface area contributed by atoms with E-state index in [0.29, 0.717) is 18.9 Å². The van der Waals surface area contributed by atoms with Gasteiger partial charge in [0.25, 0.3) is 0 Å². The van der Waals surface area contributed by atoms with Crippen molar-refractivity contribution in [1.82, 2.24) is 10.2 Å². The fraction of sp³-hybridized carbons (Fsp3) is 0.579. The van der Waals surface area contributed by atoms with Gasteiger partial charge in [0.1, 0.15) is 0 Å². The fourth-order valence-corrected chi connectivity index (χ4v) is 3.09. The van der Waals surface area contributed by atoms with E-state index in [-0.39, 0.29) is 12.0 Å². The van der Waals surface area contributed by atoms with Crippen molar-refractivity contribution in [2.45, 2.75) is 38.5 Å². The van der Waals surface area contributed by atoms with E-state index >= 15 is 0 Å². The van der Waals surface area contributed by atoms with Gasteiger partial charge in [0, 0.05) is 26.1 Å². The summed E-state index contributed by atoms with van der Waals surface area (Å²) in [6.45, 7) is 2.26. The van der Waals surface area contributed by atoms with Crippen molar-refractivity contribution < 1.29 is 14.3 Å². The van der Waals surface area contributed by atoms with Crippen LogP contribution in [0.4, 0.5) is 4.79 Å². The zero-order valence-electron chi connectivity index (χ0n) is 14.5. The van der Waals surface area contributed by atoms with Gasteiger partial charge in [-0.1, -0.05) is 30.3 Å². The molecule has 1 N–H and O–H groups in total. The van der Waals surface area contributed by atoms with E-state index < -0.39 is 0 Å². The zero-order chi connectivity index (χ0) is 17.2. The first kappa shape index (κ1) is 18.3. The smallest absolute Gasteiger partial charge is 0.317 e. The number of nitrogens with zero attached hydrogens (tertiary/aromatic N) is 1. The van der Waals surface area contributed by atoms with Gasteiger partial charge in [0.15, 0.2) is 0 Å². The van der Waals surface area contributed by atoms with Crippen molar-refractivity contribution in [3.05, 3.63) is 35.9 Å². The van der Waals surface area contributed by atoms with Crippen LogP contribution < -0.4 is 5.32 Å². The summed E-state index contributed by atoms with van der Waals surface area (Å²) >= 11 is 0. The molecule has 0 radical (unpaired) electrons. The lowest BCUT2D eigenvalue weighted by molar-refractivity contribution is -0.140. The number of nitrogens with one attached hydrogen (secondary N) is 1. The minimum Gasteiger partial charge on any atom is -0.469 e. The van der Waals surface area contributed by atoms with E-state index in [1.807, 2.05) is 11.0 Å². The van der Waals surface area contributed by atoms with Crippen LogP contribution in [0.25, 0.3) is 0 Å². The number of urea groups is 1. The number of esters is 1. The molecule has 0 saturated carbocycles. The largest absolute Gasteiger partial charge is 0.469 e. The lowest BCUT2D eigenvalue weighted by Gasteiger charge is -2.32. The van der Waals surface area contributed by atoms with Crippen LogP contribution in [0.2, 0.25) is 0 Å². The van der Waals surface area contributed by atoms with Crippen molar-refractivity contribution >= 4 is 12.0 Å². The third-order valence-corrected chi connectivity index (χ3v) is 4.58. The average molecular weight is 332 g/mol. The van der Waals surface area contributed by atoms with Crippen LogP contribution in [0.1, 0.15) is 37.7 Å². The lowest BCUT2D eigenvalue weighted by atomic mass is 9.90. The van der Waals surface area contributed by atoms with Crippen molar-refractivity contribution in [3.63, 3.8) is 0 Å². The molecular formula is C19H28N2O3. The SMILES string of the molecule is COC(=O)CCCCNC(=O)N1CCC(Cc2ccccc2)CC1. The Labute approximate surface area is 144 Å². The van der Waals surface area contributed by atoms with Crippen LogP contribution >= 0.6 is 0 Å². The number of piperidine rings is 1. The molecule has 2 amide bonds. The number of amides is 2. The molecule has 24 heavy (non-hydrogen) atoms. The molecule has 1 saturated heterocycles. The molecular weight excluding hydrogens is 304 g/mol. The Bertz CT molecular complexity index is 511. The summed E-state index contributed by atoms with van der Waals surface area (Å²) in [5.74, 6) is 0.471. The molecule has 5 heteroatoms. The number of carbonyl (C=O) groups is 2. The topological polar surface area (TPSA) is 58.6 Å². The molecule has 0 unspecified atom stereocenters. The second-order valence-corrected chi connectivity index (χ2v) is 6.39. The standard InChI is InChI=1S/C19H28N2O3/c1-24-18(22)9-5-6-12-20-19(23)21-13-10-17(11-14-21)15-16-7-3-2-4-8-16/h2-4,7-8,17H,5-6,9-15H2,1H3,(H,20,23). The number of likely N-dealkylation sites (tertiary alicyclic amines) is 1. The highest BCUT2D eigenvalue weighted by atomic mass is 16.5. The van der Waals surface area contributed by atoms with Gasteiger partial charge in [-0.05, 0) is 43.6 Å². The van der Waals surface area contributed by atoms with E-state index in [9.17, 15) is 9.59 Å². The Hall–Kier alpha value is -2.04. The molecule has 0 spiro atoms. The van der Waals surface area contributed by atoms with Crippen molar-refractivity contribution in [2.24, 2.45) is 5.92 Å². The molecule has 0 bridgehead atoms. The summed E-state index contributed by atoms with van der Waals surface area (Å²) in [6.07, 6.45) is 5.17. The average Bonchev–Trinajstić information content (AvgIpc) is 2.62. The van der Waals surface area contributed by atoms with E-state index in [1.54, 1.807) is 0 Å². The van der Waals surface area contributed by atoms with Crippen LogP contribution in [-0.4, -0.2) is 43.6 Å². The zero-order valence-corrected chi connectivity index (χ0v) is 14.5. The van der Waals surface area contributed by atoms with Gasteiger partial charge in [-0.25, -0.2) is 4.79 Å². The van der Waals surface area contributed by atoms with Gasteiger partial charge in [-0.2, -0.15) is 0 Å². The predicted molar refractivity (Wildman–Crippen MR) is 93.7 cm³/mol. The number of methoxy groups -OCH3 is 1. The molecule has 1 heterocycles. The predicted octanol–water partition coefficient (Wildman–Crippen LogP) is 2.99. The Morgan fingerprint density at radius 1 is 1.17 bits per heavy atom. The van der Waals surface area contributed by atoms with Crippen molar-refractivity contribution in [3.8, 4) is 0 Å². The first-order valence-corrected chi connectivity index (χ1v) is 8.82. The van der Waals surface area contributed by atoms with Crippen LogP contribution in [-0.2, 0) is 16.0 Å². The fourth-order valence-electron chi connectivity index (χ4n) is 3.09. The third-order valence-electron chi connectivity index (χ3n) is 4.58. The molecule has 1 aromatic carbocycles. The van der Waals surface area contributed by atoms with Crippen LogP contribution in [0, 0.1) is 5.92 Å². The molecule has 5 nitrogen and oxygen atoms in total. The van der Waals surface area contributed by atoms with Gasteiger partial charge >= 0.3 is 12.0 Å². The molecule has 0 aromatic heterocycles. The summed E-state index contributed by atoms with van der Waals surface area (Å²) in [6, 6.07) is 10.6. The number of carbonyl (C=O) groups excluding carboxylic acids is 2. The molecule has 0 aliphatic carbocycles. The van der Waals surface area contributed by atoms with E-state index in [4.69, 9.17) is 0 Å². The number of unbranched alkanes of at least 4 members (excludes halogenated alkanes) is 1. The Morgan fingerprint density at radius 3 is 2.54 bits per heavy atom. The molecule has 132 valence electrons. The van der Waals surface area contributed by atoms with Gasteiger partial charge in [0.2, 0.25) is 0 Å². The molecule has 1 aliphatic heterocycles. The van der Waals surface area contributed by atoms with Crippen LogP contribution in [0.5, 0.6) is 0 Å². The monoisotopic (exact) mass is 332 g/mol. The normalized spacial score (nSPS) is 15.1. The quantitative estimate of drug-likeness (QED) is 0.617. The Balaban J connectivity index is 1.59. The summed E-state index contributed by atoms with van der Waals surface area (Å²) in [7, 11) is 1.39. The molecule has 1 aliphatic rings. The summed E-state index contributed by atoms with van der Waals surface area (Å²) < 4.78 is 4.59. The highest BCUT2D eigenvalue weighted by Crippen LogP contribution is 2.21. The van der Waals surface area contributed by atoms with Gasteiger partial charge in [0.05, 0.1) is 7.11 Å². The minimum atomic E-state index is -0.193. The molecule has 1 fully saturated rings.